The van der Waals surface area contributed by atoms with Gasteiger partial charge in [0.2, 0.25) is 5.91 Å². The number of rotatable bonds is 8. The van der Waals surface area contributed by atoms with Crippen LogP contribution in [-0.4, -0.2) is 74.2 Å². The van der Waals surface area contributed by atoms with Crippen molar-refractivity contribution in [3.8, 4) is 11.5 Å². The van der Waals surface area contributed by atoms with E-state index in [4.69, 9.17) is 14.2 Å². The highest BCUT2D eigenvalue weighted by Gasteiger charge is 2.41. The third-order valence-electron chi connectivity index (χ3n) is 6.42. The van der Waals surface area contributed by atoms with Crippen LogP contribution in [0.25, 0.3) is 0 Å². The lowest BCUT2D eigenvalue weighted by molar-refractivity contribution is -0.144. The number of hydrogen-bond acceptors (Lipinski definition) is 5. The summed E-state index contributed by atoms with van der Waals surface area (Å²) in [7, 11) is 0. The molecule has 0 radical (unpaired) electrons. The van der Waals surface area contributed by atoms with Gasteiger partial charge in [0, 0.05) is 44.1 Å². The van der Waals surface area contributed by atoms with Crippen LogP contribution in [0.2, 0.25) is 0 Å². The van der Waals surface area contributed by atoms with Crippen LogP contribution in [-0.2, 0) is 14.3 Å². The van der Waals surface area contributed by atoms with Crippen LogP contribution >= 0.6 is 0 Å². The molecule has 2 heterocycles. The maximum absolute atomic E-state index is 13.4. The van der Waals surface area contributed by atoms with Crippen LogP contribution in [0.15, 0.2) is 48.5 Å². The van der Waals surface area contributed by atoms with Gasteiger partial charge in [0.15, 0.2) is 6.61 Å². The van der Waals surface area contributed by atoms with Gasteiger partial charge >= 0.3 is 0 Å². The molecule has 35 heavy (non-hydrogen) atoms. The Hall–Kier alpha value is -3.20. The Morgan fingerprint density at radius 1 is 0.886 bits per heavy atom. The highest BCUT2D eigenvalue weighted by atomic mass is 19.1. The number of carbonyl (C=O) groups is 2. The number of amides is 2. The van der Waals surface area contributed by atoms with Gasteiger partial charge in [0.05, 0.1) is 19.8 Å². The molecule has 188 valence electrons. The van der Waals surface area contributed by atoms with E-state index in [-0.39, 0.29) is 43.0 Å². The predicted molar refractivity (Wildman–Crippen MR) is 124 cm³/mol. The summed E-state index contributed by atoms with van der Waals surface area (Å²) in [4.78, 5) is 29.6. The summed E-state index contributed by atoms with van der Waals surface area (Å²) in [6.45, 7) is 2.94. The summed E-state index contributed by atoms with van der Waals surface area (Å²) in [6.07, 6.45) is 1.64. The number of hydrogen-bond donors (Lipinski definition) is 0. The largest absolute Gasteiger partial charge is 0.493 e. The monoisotopic (exact) mass is 488 g/mol. The fraction of sp³-hybridized carbons (Fsp3) is 0.462. The molecule has 2 aromatic rings. The number of piperidine rings is 1. The maximum atomic E-state index is 13.4. The highest BCUT2D eigenvalue weighted by Crippen LogP contribution is 2.35. The molecule has 0 saturated carbocycles. The molecule has 2 saturated heterocycles. The molecule has 2 fully saturated rings. The molecule has 0 aromatic heterocycles. The Morgan fingerprint density at radius 3 is 2.40 bits per heavy atom. The summed E-state index contributed by atoms with van der Waals surface area (Å²) < 4.78 is 43.6. The van der Waals surface area contributed by atoms with E-state index in [1.807, 2.05) is 0 Å². The van der Waals surface area contributed by atoms with E-state index < -0.39 is 11.2 Å². The van der Waals surface area contributed by atoms with Crippen LogP contribution in [0.4, 0.5) is 8.78 Å². The van der Waals surface area contributed by atoms with Crippen LogP contribution in [0.3, 0.4) is 0 Å². The number of benzene rings is 2. The van der Waals surface area contributed by atoms with E-state index in [0.29, 0.717) is 58.0 Å². The van der Waals surface area contributed by atoms with Gasteiger partial charge in [-0.15, -0.1) is 0 Å². The highest BCUT2D eigenvalue weighted by molar-refractivity contribution is 5.79. The van der Waals surface area contributed by atoms with Crippen LogP contribution in [0.5, 0.6) is 11.5 Å². The zero-order chi connectivity index (χ0) is 24.7. The Balaban J connectivity index is 1.44. The fourth-order valence-corrected chi connectivity index (χ4v) is 4.54. The van der Waals surface area contributed by atoms with Crippen LogP contribution in [0.1, 0.15) is 19.3 Å². The Bertz CT molecular complexity index is 1010. The Labute approximate surface area is 203 Å². The second-order valence-electron chi connectivity index (χ2n) is 9.08. The van der Waals surface area contributed by atoms with Crippen molar-refractivity contribution in [1.29, 1.82) is 0 Å². The van der Waals surface area contributed by atoms with Gasteiger partial charge in [-0.3, -0.25) is 9.59 Å². The lowest BCUT2D eigenvalue weighted by atomic mass is 9.77. The fourth-order valence-electron chi connectivity index (χ4n) is 4.54. The molecule has 0 spiro atoms. The van der Waals surface area contributed by atoms with Crippen molar-refractivity contribution in [2.75, 3.05) is 52.6 Å². The van der Waals surface area contributed by atoms with Gasteiger partial charge in [-0.25, -0.2) is 8.78 Å². The van der Waals surface area contributed by atoms with Crippen molar-refractivity contribution in [1.82, 2.24) is 9.80 Å². The van der Waals surface area contributed by atoms with Gasteiger partial charge in [-0.05, 0) is 49.2 Å². The molecule has 9 heteroatoms. The maximum Gasteiger partial charge on any atom is 0.260 e. The van der Waals surface area contributed by atoms with Gasteiger partial charge in [-0.2, -0.15) is 0 Å². The normalized spacial score (nSPS) is 20.4. The number of nitrogens with zero attached hydrogens (tertiary/aromatic N) is 2. The van der Waals surface area contributed by atoms with Crippen molar-refractivity contribution in [3.05, 3.63) is 60.2 Å². The first kappa shape index (κ1) is 24.9. The molecule has 7 nitrogen and oxygen atoms in total. The third-order valence-corrected chi connectivity index (χ3v) is 6.42. The van der Waals surface area contributed by atoms with E-state index in [2.05, 4.69) is 0 Å². The van der Waals surface area contributed by atoms with Crippen molar-refractivity contribution < 1.29 is 32.6 Å². The predicted octanol–water partition coefficient (Wildman–Crippen LogP) is 3.28. The van der Waals surface area contributed by atoms with Crippen molar-refractivity contribution in [2.45, 2.75) is 19.3 Å². The van der Waals surface area contributed by atoms with Gasteiger partial charge in [-0.1, -0.05) is 6.07 Å². The third kappa shape index (κ3) is 6.91. The lowest BCUT2D eigenvalue weighted by Crippen LogP contribution is -2.52. The molecule has 2 amide bonds. The van der Waals surface area contributed by atoms with Crippen molar-refractivity contribution in [3.63, 3.8) is 0 Å². The smallest absolute Gasteiger partial charge is 0.260 e. The summed E-state index contributed by atoms with van der Waals surface area (Å²) in [5.74, 6) is -0.250. The first-order chi connectivity index (χ1) is 16.9. The summed E-state index contributed by atoms with van der Waals surface area (Å²) in [6, 6.07) is 11.4. The first-order valence-electron chi connectivity index (χ1n) is 11.8. The molecule has 0 bridgehead atoms. The van der Waals surface area contributed by atoms with Crippen LogP contribution < -0.4 is 9.47 Å². The molecule has 0 aliphatic carbocycles. The van der Waals surface area contributed by atoms with Gasteiger partial charge in [0.1, 0.15) is 23.1 Å². The molecule has 2 aromatic carbocycles. The molecule has 1 atom stereocenters. The molecule has 2 aliphatic heterocycles. The molecular formula is C26H30F2N2O5. The quantitative estimate of drug-likeness (QED) is 0.571. The van der Waals surface area contributed by atoms with Gasteiger partial charge in [0.25, 0.3) is 5.91 Å². The zero-order valence-electron chi connectivity index (χ0n) is 19.6. The summed E-state index contributed by atoms with van der Waals surface area (Å²) in [5, 5.41) is 0. The molecule has 4 rings (SSSR count). The second kappa shape index (κ2) is 11.5. The molecule has 0 N–H and O–H groups in total. The van der Waals surface area contributed by atoms with E-state index >= 15 is 0 Å². The minimum atomic E-state index is -0.601. The number of ether oxygens (including phenoxy) is 3. The lowest BCUT2D eigenvalue weighted by Gasteiger charge is -2.43. The number of carbonyl (C=O) groups excluding carboxylic acids is 2. The summed E-state index contributed by atoms with van der Waals surface area (Å²) >= 11 is 0. The standard InChI is InChI=1S/C26H30F2N2O5/c27-20-5-7-22(8-6-20)35-19-26(16-24(31)29-11-13-33-14-12-29)9-2-10-30(18-26)25(32)17-34-23-4-1-3-21(28)15-23/h1,3-8,15H,2,9-14,16-19H2/t26-/m1/s1. The SMILES string of the molecule is O=C(C[C@]1(COc2ccc(F)cc2)CCCN(C(=O)COc2cccc(F)c2)C1)N1CCOCC1. The number of halogens is 2. The number of morpholine rings is 1. The van der Waals surface area contributed by atoms with Crippen molar-refractivity contribution in [2.24, 2.45) is 5.41 Å². The van der Waals surface area contributed by atoms with E-state index in [1.54, 1.807) is 28.0 Å². The number of likely N-dealkylation sites (tertiary alicyclic amines) is 1. The molecule has 0 unspecified atom stereocenters. The van der Waals surface area contributed by atoms with Crippen LogP contribution in [0, 0.1) is 17.0 Å². The van der Waals surface area contributed by atoms with Gasteiger partial charge < -0.3 is 24.0 Å². The first-order valence-corrected chi connectivity index (χ1v) is 11.8. The minimum Gasteiger partial charge on any atom is -0.493 e. The minimum absolute atomic E-state index is 0.00122. The zero-order valence-corrected chi connectivity index (χ0v) is 19.6. The summed E-state index contributed by atoms with van der Waals surface area (Å²) in [5.41, 5.74) is -0.601. The topological polar surface area (TPSA) is 68.3 Å². The van der Waals surface area contributed by atoms with E-state index in [1.165, 1.54) is 30.3 Å². The van der Waals surface area contributed by atoms with E-state index in [0.717, 1.165) is 0 Å². The molecular weight excluding hydrogens is 458 g/mol. The Morgan fingerprint density at radius 2 is 1.66 bits per heavy atom. The second-order valence-corrected chi connectivity index (χ2v) is 9.08. The van der Waals surface area contributed by atoms with Crippen molar-refractivity contribution >= 4 is 11.8 Å². The average Bonchev–Trinajstić information content (AvgIpc) is 2.88. The molecule has 2 aliphatic rings. The average molecular weight is 489 g/mol. The van der Waals surface area contributed by atoms with E-state index in [9.17, 15) is 18.4 Å². The Kier molecular flexibility index (Phi) is 8.17.